The van der Waals surface area contributed by atoms with Crippen LogP contribution < -0.4 is 16.4 Å². The maximum Gasteiger partial charge on any atom is 0.242 e. The van der Waals surface area contributed by atoms with Crippen molar-refractivity contribution < 1.29 is 4.79 Å². The van der Waals surface area contributed by atoms with Crippen molar-refractivity contribution in [1.82, 2.24) is 15.3 Å². The van der Waals surface area contributed by atoms with Crippen LogP contribution in [0.25, 0.3) is 0 Å². The Morgan fingerprint density at radius 3 is 2.53 bits per heavy atom. The molecule has 7 heteroatoms. The maximum absolute atomic E-state index is 11.8. The van der Waals surface area contributed by atoms with Crippen LogP contribution in [-0.4, -0.2) is 33.5 Å². The monoisotopic (exact) mass is 281 g/mol. The number of carbonyl (C=O) groups is 1. The van der Waals surface area contributed by atoms with Gasteiger partial charge in [0.15, 0.2) is 0 Å². The van der Waals surface area contributed by atoms with Crippen molar-refractivity contribution in [3.63, 3.8) is 0 Å². The topological polar surface area (TPSA) is 92.9 Å². The number of thiocarbonyl (C=S) groups is 1. The van der Waals surface area contributed by atoms with Crippen LogP contribution in [0.3, 0.4) is 0 Å². The third-order valence-electron chi connectivity index (χ3n) is 2.35. The molecule has 1 rings (SSSR count). The summed E-state index contributed by atoms with van der Waals surface area (Å²) in [6, 6.07) is -0.385. The molecule has 1 atom stereocenters. The number of carbonyl (C=O) groups excluding carboxylic acids is 1. The third-order valence-corrected chi connectivity index (χ3v) is 2.56. The fourth-order valence-electron chi connectivity index (χ4n) is 1.27. The summed E-state index contributed by atoms with van der Waals surface area (Å²) in [5, 5.41) is 5.80. The predicted octanol–water partition coefficient (Wildman–Crippen LogP) is 0.683. The first kappa shape index (κ1) is 15.3. The fourth-order valence-corrected chi connectivity index (χ4v) is 1.38. The molecule has 104 valence electrons. The molecular formula is C12H19N5OS. The summed E-state index contributed by atoms with van der Waals surface area (Å²) in [6.07, 6.45) is 2.98. The van der Waals surface area contributed by atoms with Crippen LogP contribution in [0.1, 0.15) is 26.5 Å². The average Bonchev–Trinajstić information content (AvgIpc) is 2.36. The van der Waals surface area contributed by atoms with E-state index in [1.54, 1.807) is 6.92 Å². The number of anilines is 1. The van der Waals surface area contributed by atoms with Gasteiger partial charge in [-0.2, -0.15) is 0 Å². The smallest absolute Gasteiger partial charge is 0.242 e. The van der Waals surface area contributed by atoms with Crippen LogP contribution in [0.2, 0.25) is 0 Å². The Morgan fingerprint density at radius 1 is 1.37 bits per heavy atom. The van der Waals surface area contributed by atoms with Gasteiger partial charge in [-0.25, -0.2) is 9.97 Å². The highest BCUT2D eigenvalue weighted by atomic mass is 32.1. The van der Waals surface area contributed by atoms with Crippen LogP contribution in [0.4, 0.5) is 5.82 Å². The molecule has 0 radical (unpaired) electrons. The number of amides is 1. The number of nitrogens with two attached hydrogens (primary N) is 1. The zero-order valence-electron chi connectivity index (χ0n) is 11.3. The van der Waals surface area contributed by atoms with Crippen LogP contribution >= 0.6 is 12.2 Å². The third kappa shape index (κ3) is 5.17. The summed E-state index contributed by atoms with van der Waals surface area (Å²) in [5.41, 5.74) is 5.88. The second-order valence-corrected chi connectivity index (χ2v) is 5.10. The lowest BCUT2D eigenvalue weighted by molar-refractivity contribution is -0.121. The Bertz CT molecular complexity index is 446. The highest BCUT2D eigenvalue weighted by molar-refractivity contribution is 7.80. The number of nitrogens with one attached hydrogen (secondary N) is 2. The lowest BCUT2D eigenvalue weighted by Gasteiger charge is -2.15. The molecule has 4 N–H and O–H groups in total. The summed E-state index contributed by atoms with van der Waals surface area (Å²) in [4.78, 5) is 20.1. The number of rotatable bonds is 6. The number of aromatic nitrogens is 2. The lowest BCUT2D eigenvalue weighted by Crippen LogP contribution is -2.39. The largest absolute Gasteiger partial charge is 0.388 e. The Morgan fingerprint density at radius 2 is 2.05 bits per heavy atom. The predicted molar refractivity (Wildman–Crippen MR) is 78.9 cm³/mol. The van der Waals surface area contributed by atoms with Gasteiger partial charge in [0.1, 0.15) is 22.5 Å². The van der Waals surface area contributed by atoms with Crippen molar-refractivity contribution in [3.05, 3.63) is 18.1 Å². The second kappa shape index (κ2) is 6.98. The zero-order chi connectivity index (χ0) is 14.4. The van der Waals surface area contributed by atoms with Crippen LogP contribution in [0, 0.1) is 5.92 Å². The molecule has 6 nitrogen and oxygen atoms in total. The van der Waals surface area contributed by atoms with Gasteiger partial charge in [-0.15, -0.1) is 0 Å². The molecule has 0 bridgehead atoms. The van der Waals surface area contributed by atoms with E-state index in [1.807, 2.05) is 13.8 Å². The molecule has 0 aromatic carbocycles. The average molecular weight is 281 g/mol. The molecule has 1 heterocycles. The summed E-state index contributed by atoms with van der Waals surface area (Å²) < 4.78 is 0. The Labute approximate surface area is 118 Å². The molecule has 0 saturated heterocycles. The van der Waals surface area contributed by atoms with Crippen molar-refractivity contribution >= 4 is 28.9 Å². The van der Waals surface area contributed by atoms with Gasteiger partial charge < -0.3 is 16.4 Å². The molecule has 1 aromatic rings. The Balaban J connectivity index is 2.54. The first-order valence-corrected chi connectivity index (χ1v) is 6.47. The van der Waals surface area contributed by atoms with Crippen molar-refractivity contribution in [3.8, 4) is 0 Å². The molecular weight excluding hydrogens is 262 g/mol. The van der Waals surface area contributed by atoms with E-state index < -0.39 is 0 Å². The molecule has 1 aromatic heterocycles. The van der Waals surface area contributed by atoms with E-state index in [1.165, 1.54) is 12.4 Å². The summed E-state index contributed by atoms with van der Waals surface area (Å²) in [7, 11) is 0. The van der Waals surface area contributed by atoms with E-state index in [2.05, 4.69) is 20.6 Å². The molecule has 1 amide bonds. The molecule has 0 aliphatic carbocycles. The first-order chi connectivity index (χ1) is 8.90. The highest BCUT2D eigenvalue weighted by Crippen LogP contribution is 2.03. The number of hydrogen-bond donors (Lipinski definition) is 3. The van der Waals surface area contributed by atoms with Crippen molar-refractivity contribution in [2.45, 2.75) is 26.8 Å². The molecule has 0 spiro atoms. The Kier molecular flexibility index (Phi) is 5.62. The van der Waals surface area contributed by atoms with Crippen molar-refractivity contribution in [2.75, 3.05) is 11.9 Å². The van der Waals surface area contributed by atoms with Crippen molar-refractivity contribution in [1.29, 1.82) is 0 Å². The standard InChI is InChI=1S/C12H19N5OS/c1-7(2)4-16-12(18)8(3)17-10-6-14-9(5-15-10)11(13)19/h5-8H,4H2,1-3H3,(H2,13,19)(H,15,17)(H,16,18). The maximum atomic E-state index is 11.8. The van der Waals surface area contributed by atoms with Gasteiger partial charge in [0.25, 0.3) is 0 Å². The molecule has 0 saturated carbocycles. The quantitative estimate of drug-likeness (QED) is 0.664. The van der Waals surface area contributed by atoms with Gasteiger partial charge in [0, 0.05) is 6.54 Å². The minimum atomic E-state index is -0.385. The van der Waals surface area contributed by atoms with Gasteiger partial charge in [0.05, 0.1) is 12.4 Å². The normalized spacial score (nSPS) is 12.0. The van der Waals surface area contributed by atoms with Gasteiger partial charge in [0.2, 0.25) is 5.91 Å². The van der Waals surface area contributed by atoms with Crippen LogP contribution in [0.5, 0.6) is 0 Å². The Hall–Kier alpha value is -1.76. The van der Waals surface area contributed by atoms with Gasteiger partial charge in [-0.3, -0.25) is 4.79 Å². The second-order valence-electron chi connectivity index (χ2n) is 4.66. The van der Waals surface area contributed by atoms with Crippen LogP contribution in [0.15, 0.2) is 12.4 Å². The number of hydrogen-bond acceptors (Lipinski definition) is 5. The van der Waals surface area contributed by atoms with Gasteiger partial charge >= 0.3 is 0 Å². The molecule has 0 aliphatic heterocycles. The SMILES string of the molecule is CC(C)CNC(=O)C(C)Nc1cnc(C(N)=S)cn1. The zero-order valence-corrected chi connectivity index (χ0v) is 12.1. The van der Waals surface area contributed by atoms with Crippen LogP contribution in [-0.2, 0) is 4.79 Å². The summed E-state index contributed by atoms with van der Waals surface area (Å²) in [5.74, 6) is 0.849. The van der Waals surface area contributed by atoms with Gasteiger partial charge in [-0.05, 0) is 12.8 Å². The summed E-state index contributed by atoms with van der Waals surface area (Å²) in [6.45, 7) is 6.49. The minimum Gasteiger partial charge on any atom is -0.388 e. The molecule has 0 fully saturated rings. The van der Waals surface area contributed by atoms with E-state index in [-0.39, 0.29) is 16.9 Å². The molecule has 19 heavy (non-hydrogen) atoms. The number of nitrogens with zero attached hydrogens (tertiary/aromatic N) is 2. The summed E-state index contributed by atoms with van der Waals surface area (Å²) >= 11 is 4.78. The molecule has 1 unspecified atom stereocenters. The van der Waals surface area contributed by atoms with E-state index >= 15 is 0 Å². The van der Waals surface area contributed by atoms with Gasteiger partial charge in [-0.1, -0.05) is 26.1 Å². The van der Waals surface area contributed by atoms with E-state index in [4.69, 9.17) is 18.0 Å². The van der Waals surface area contributed by atoms with E-state index in [9.17, 15) is 4.79 Å². The molecule has 0 aliphatic rings. The fraction of sp³-hybridized carbons (Fsp3) is 0.500. The minimum absolute atomic E-state index is 0.0751. The first-order valence-electron chi connectivity index (χ1n) is 6.06. The van der Waals surface area contributed by atoms with Crippen molar-refractivity contribution in [2.24, 2.45) is 11.7 Å². The lowest BCUT2D eigenvalue weighted by atomic mass is 10.2. The van der Waals surface area contributed by atoms with E-state index in [0.29, 0.717) is 24.0 Å². The highest BCUT2D eigenvalue weighted by Gasteiger charge is 2.13. The van der Waals surface area contributed by atoms with E-state index in [0.717, 1.165) is 0 Å².